The first-order valence-electron chi connectivity index (χ1n) is 6.82. The van der Waals surface area contributed by atoms with Gasteiger partial charge >= 0.3 is 18.1 Å². The topological polar surface area (TPSA) is 65.1 Å². The van der Waals surface area contributed by atoms with Crippen molar-refractivity contribution in [3.63, 3.8) is 0 Å². The van der Waals surface area contributed by atoms with Gasteiger partial charge in [-0.3, -0.25) is 0 Å². The van der Waals surface area contributed by atoms with Gasteiger partial charge in [0.05, 0.1) is 37.7 Å². The zero-order valence-corrected chi connectivity index (χ0v) is 14.7. The Balaban J connectivity index is 2.63. The molecule has 0 aromatic heterocycles. The molecule has 6 nitrogen and oxygen atoms in total. The van der Waals surface area contributed by atoms with Gasteiger partial charge < -0.3 is 19.1 Å². The molecule has 0 atom stereocenters. The minimum atomic E-state index is -4.58. The molecule has 1 aromatic carbocycles. The van der Waals surface area contributed by atoms with Gasteiger partial charge in [0.1, 0.15) is 12.4 Å². The number of alkyl halides is 3. The molecule has 0 aliphatic carbocycles. The Morgan fingerprint density at radius 2 is 1.84 bits per heavy atom. The average Bonchev–Trinajstić information content (AvgIpc) is 2.59. The Bertz CT molecular complexity index is 732. The summed E-state index contributed by atoms with van der Waals surface area (Å²) in [5, 5.41) is 0. The van der Waals surface area contributed by atoms with E-state index in [9.17, 15) is 22.8 Å². The largest absolute Gasteiger partial charge is 0.466 e. The zero-order chi connectivity index (χ0) is 18.8. The first-order valence-corrected chi connectivity index (χ1v) is 7.61. The third-order valence-electron chi connectivity index (χ3n) is 3.40. The van der Waals surface area contributed by atoms with Crippen LogP contribution in [-0.2, 0) is 30.0 Å². The molecular formula is C15H13BrF3NO5. The molecule has 136 valence electrons. The van der Waals surface area contributed by atoms with Crippen molar-refractivity contribution < 1.29 is 37.0 Å². The number of anilines is 1. The van der Waals surface area contributed by atoms with Crippen LogP contribution >= 0.6 is 15.9 Å². The normalized spacial score (nSPS) is 15.2. The van der Waals surface area contributed by atoms with E-state index in [1.807, 2.05) is 0 Å². The van der Waals surface area contributed by atoms with Crippen molar-refractivity contribution in [1.29, 1.82) is 0 Å². The molecule has 1 aliphatic heterocycles. The van der Waals surface area contributed by atoms with Crippen LogP contribution < -0.4 is 4.90 Å². The van der Waals surface area contributed by atoms with Crippen LogP contribution in [0.15, 0.2) is 33.9 Å². The van der Waals surface area contributed by atoms with E-state index in [4.69, 9.17) is 4.74 Å². The first kappa shape index (κ1) is 19.3. The number of ether oxygens (including phenoxy) is 3. The van der Waals surface area contributed by atoms with E-state index in [1.165, 1.54) is 6.07 Å². The van der Waals surface area contributed by atoms with E-state index >= 15 is 0 Å². The molecule has 0 saturated carbocycles. The number of halogens is 4. The van der Waals surface area contributed by atoms with Crippen LogP contribution in [-0.4, -0.2) is 39.5 Å². The number of carbonyl (C=O) groups excluding carboxylic acids is 2. The number of carbonyl (C=O) groups is 2. The summed E-state index contributed by atoms with van der Waals surface area (Å²) in [6.45, 7) is -0.477. The lowest BCUT2D eigenvalue weighted by molar-refractivity contribution is -0.140. The lowest BCUT2D eigenvalue weighted by Gasteiger charge is -2.32. The highest BCUT2D eigenvalue weighted by atomic mass is 79.9. The van der Waals surface area contributed by atoms with Gasteiger partial charge in [0, 0.05) is 4.47 Å². The predicted molar refractivity (Wildman–Crippen MR) is 83.5 cm³/mol. The summed E-state index contributed by atoms with van der Waals surface area (Å²) in [7, 11) is 2.21. The van der Waals surface area contributed by atoms with Gasteiger partial charge in [-0.2, -0.15) is 13.2 Å². The highest BCUT2D eigenvalue weighted by Gasteiger charge is 2.36. The Morgan fingerprint density at radius 1 is 1.20 bits per heavy atom. The van der Waals surface area contributed by atoms with Crippen molar-refractivity contribution in [2.75, 3.05) is 32.5 Å². The first-order chi connectivity index (χ1) is 11.7. The molecule has 0 spiro atoms. The van der Waals surface area contributed by atoms with E-state index in [0.717, 1.165) is 31.3 Å². The number of rotatable bonds is 3. The van der Waals surface area contributed by atoms with Crippen LogP contribution in [0.4, 0.5) is 18.9 Å². The molecule has 1 heterocycles. The Kier molecular flexibility index (Phi) is 5.73. The van der Waals surface area contributed by atoms with Gasteiger partial charge in [-0.1, -0.05) is 0 Å². The van der Waals surface area contributed by atoms with Crippen LogP contribution in [0.1, 0.15) is 5.56 Å². The summed E-state index contributed by atoms with van der Waals surface area (Å²) in [5.41, 5.74) is -1.30. The number of methoxy groups -OCH3 is 2. The SMILES string of the molecule is COC(=O)C1=C(C(=O)OC)N(c2cc(C(F)(F)F)ccc2Br)COC1. The third-order valence-corrected chi connectivity index (χ3v) is 4.07. The second-order valence-corrected chi connectivity index (χ2v) is 5.73. The van der Waals surface area contributed by atoms with E-state index < -0.39 is 23.7 Å². The summed E-state index contributed by atoms with van der Waals surface area (Å²) >= 11 is 3.15. The second kappa shape index (κ2) is 7.44. The molecule has 1 aliphatic rings. The van der Waals surface area contributed by atoms with E-state index in [-0.39, 0.29) is 34.8 Å². The average molecular weight is 424 g/mol. The molecule has 0 fully saturated rings. The van der Waals surface area contributed by atoms with Crippen molar-refractivity contribution in [2.45, 2.75) is 6.18 Å². The summed E-state index contributed by atoms with van der Waals surface area (Å²) in [5.74, 6) is -1.73. The van der Waals surface area contributed by atoms with Gasteiger partial charge in [-0.25, -0.2) is 9.59 Å². The highest BCUT2D eigenvalue weighted by Crippen LogP contribution is 2.38. The molecule has 0 unspecified atom stereocenters. The van der Waals surface area contributed by atoms with Crippen molar-refractivity contribution in [3.8, 4) is 0 Å². The number of hydrogen-bond acceptors (Lipinski definition) is 6. The number of esters is 2. The molecular weight excluding hydrogens is 411 g/mol. The van der Waals surface area contributed by atoms with Crippen LogP contribution in [0, 0.1) is 0 Å². The van der Waals surface area contributed by atoms with E-state index in [2.05, 4.69) is 25.4 Å². The minimum absolute atomic E-state index is 0.00340. The van der Waals surface area contributed by atoms with E-state index in [1.54, 1.807) is 0 Å². The fraction of sp³-hybridized carbons (Fsp3) is 0.333. The zero-order valence-electron chi connectivity index (χ0n) is 13.1. The third kappa shape index (κ3) is 3.96. The van der Waals surface area contributed by atoms with Gasteiger partial charge in [0.2, 0.25) is 0 Å². The standard InChI is InChI=1S/C15H13BrF3NO5/c1-23-13(21)9-6-25-7-20(12(9)14(22)24-2)11-5-8(15(17,18)19)3-4-10(11)16/h3-5H,6-7H2,1-2H3. The molecule has 1 aromatic rings. The van der Waals surface area contributed by atoms with Crippen LogP contribution in [0.3, 0.4) is 0 Å². The monoisotopic (exact) mass is 423 g/mol. The minimum Gasteiger partial charge on any atom is -0.466 e. The van der Waals surface area contributed by atoms with Gasteiger partial charge in [-0.15, -0.1) is 0 Å². The molecule has 0 bridgehead atoms. The van der Waals surface area contributed by atoms with Crippen molar-refractivity contribution in [2.24, 2.45) is 0 Å². The molecule has 10 heteroatoms. The lowest BCUT2D eigenvalue weighted by atomic mass is 10.1. The van der Waals surface area contributed by atoms with Crippen molar-refractivity contribution >= 4 is 33.6 Å². The molecule has 0 N–H and O–H groups in total. The Morgan fingerprint density at radius 3 is 2.40 bits per heavy atom. The summed E-state index contributed by atoms with van der Waals surface area (Å²) < 4.78 is 53.8. The van der Waals surface area contributed by atoms with Crippen molar-refractivity contribution in [1.82, 2.24) is 0 Å². The summed E-state index contributed by atoms with van der Waals surface area (Å²) in [6, 6.07) is 2.93. The predicted octanol–water partition coefficient (Wildman–Crippen LogP) is 2.86. The van der Waals surface area contributed by atoms with E-state index in [0.29, 0.717) is 0 Å². The van der Waals surface area contributed by atoms with Crippen LogP contribution in [0.25, 0.3) is 0 Å². The fourth-order valence-electron chi connectivity index (χ4n) is 2.23. The lowest BCUT2D eigenvalue weighted by Crippen LogP contribution is -2.39. The van der Waals surface area contributed by atoms with Gasteiger partial charge in [0.25, 0.3) is 0 Å². The number of benzene rings is 1. The molecule has 0 amide bonds. The van der Waals surface area contributed by atoms with Crippen LogP contribution in [0.2, 0.25) is 0 Å². The van der Waals surface area contributed by atoms with Gasteiger partial charge in [0.15, 0.2) is 0 Å². The number of hydrogen-bond donors (Lipinski definition) is 0. The van der Waals surface area contributed by atoms with Crippen molar-refractivity contribution in [3.05, 3.63) is 39.5 Å². The Labute approximate surface area is 149 Å². The smallest absolute Gasteiger partial charge is 0.416 e. The molecule has 0 radical (unpaired) electrons. The quantitative estimate of drug-likeness (QED) is 0.696. The van der Waals surface area contributed by atoms with Gasteiger partial charge in [-0.05, 0) is 34.1 Å². The highest BCUT2D eigenvalue weighted by molar-refractivity contribution is 9.10. The molecule has 0 saturated heterocycles. The molecule has 2 rings (SSSR count). The maximum atomic E-state index is 13.0. The van der Waals surface area contributed by atoms with Crippen LogP contribution in [0.5, 0.6) is 0 Å². The fourth-order valence-corrected chi connectivity index (χ4v) is 2.69. The second-order valence-electron chi connectivity index (χ2n) is 4.88. The summed E-state index contributed by atoms with van der Waals surface area (Å²) in [6.07, 6.45) is -4.58. The molecule has 25 heavy (non-hydrogen) atoms. The number of nitrogens with zero attached hydrogens (tertiary/aromatic N) is 1. The Hall–Kier alpha value is -2.07. The maximum Gasteiger partial charge on any atom is 0.416 e. The maximum absolute atomic E-state index is 13.0. The summed E-state index contributed by atoms with van der Waals surface area (Å²) in [4.78, 5) is 25.2.